The summed E-state index contributed by atoms with van der Waals surface area (Å²) in [5, 5.41) is 3.98. The quantitative estimate of drug-likeness (QED) is 0.858. The maximum Gasteiger partial charge on any atom is 0.224 e. The fraction of sp³-hybridized carbons (Fsp3) is 0.636. The Kier molecular flexibility index (Phi) is 3.76. The highest BCUT2D eigenvalue weighted by atomic mass is 35.5. The Morgan fingerprint density at radius 2 is 2.12 bits per heavy atom. The molecule has 1 heterocycles. The van der Waals surface area contributed by atoms with Crippen molar-refractivity contribution >= 4 is 29.0 Å². The lowest BCUT2D eigenvalue weighted by Gasteiger charge is -2.47. The number of rotatable bonds is 4. The molecule has 0 spiro atoms. The van der Waals surface area contributed by atoms with E-state index >= 15 is 0 Å². The first-order valence-electron chi connectivity index (χ1n) is 5.63. The van der Waals surface area contributed by atoms with Gasteiger partial charge in [-0.2, -0.15) is 4.98 Å². The van der Waals surface area contributed by atoms with Crippen LogP contribution in [0, 0.1) is 0 Å². The normalized spacial score (nSPS) is 17.9. The molecule has 1 fully saturated rings. The molecule has 0 unspecified atom stereocenters. The summed E-state index contributed by atoms with van der Waals surface area (Å²) >= 11 is 11.8. The highest BCUT2D eigenvalue weighted by Crippen LogP contribution is 2.36. The van der Waals surface area contributed by atoms with Crippen molar-refractivity contribution in [1.82, 2.24) is 14.9 Å². The third kappa shape index (κ3) is 2.64. The van der Waals surface area contributed by atoms with E-state index in [-0.39, 0.29) is 10.8 Å². The van der Waals surface area contributed by atoms with Crippen LogP contribution in [0.5, 0.6) is 0 Å². The van der Waals surface area contributed by atoms with Crippen LogP contribution in [0.2, 0.25) is 10.3 Å². The second-order valence-corrected chi connectivity index (χ2v) is 5.41. The molecule has 1 aromatic rings. The number of likely N-dealkylation sites (N-methyl/N-ethyl adjacent to an activating group) is 1. The van der Waals surface area contributed by atoms with Crippen molar-refractivity contribution in [1.29, 1.82) is 0 Å². The van der Waals surface area contributed by atoms with Crippen LogP contribution in [0.15, 0.2) is 6.20 Å². The summed E-state index contributed by atoms with van der Waals surface area (Å²) in [6.07, 6.45) is 5.19. The van der Waals surface area contributed by atoms with Crippen molar-refractivity contribution in [3.8, 4) is 0 Å². The Morgan fingerprint density at radius 1 is 1.41 bits per heavy atom. The molecule has 0 aliphatic heterocycles. The number of aromatic nitrogens is 2. The first-order valence-corrected chi connectivity index (χ1v) is 6.38. The highest BCUT2D eigenvalue weighted by Gasteiger charge is 2.38. The van der Waals surface area contributed by atoms with Crippen LogP contribution >= 0.6 is 23.2 Å². The van der Waals surface area contributed by atoms with E-state index in [0.29, 0.717) is 10.8 Å². The molecule has 94 valence electrons. The van der Waals surface area contributed by atoms with Gasteiger partial charge < -0.3 is 10.2 Å². The molecule has 1 aliphatic carbocycles. The number of anilines is 1. The first-order chi connectivity index (χ1) is 8.03. The van der Waals surface area contributed by atoms with Crippen LogP contribution in [0.3, 0.4) is 0 Å². The van der Waals surface area contributed by atoms with Crippen molar-refractivity contribution in [3.63, 3.8) is 0 Å². The van der Waals surface area contributed by atoms with Gasteiger partial charge in [-0.25, -0.2) is 4.98 Å². The van der Waals surface area contributed by atoms with Crippen LogP contribution in [0.4, 0.5) is 5.82 Å². The summed E-state index contributed by atoms with van der Waals surface area (Å²) in [6.45, 7) is 0.826. The number of halogens is 2. The van der Waals surface area contributed by atoms with Crippen LogP contribution in [0.25, 0.3) is 0 Å². The Hall–Kier alpha value is -0.580. The Labute approximate surface area is 111 Å². The molecule has 0 bridgehead atoms. The smallest absolute Gasteiger partial charge is 0.224 e. The third-order valence-corrected chi connectivity index (χ3v) is 3.99. The molecular formula is C11H16Cl2N4. The monoisotopic (exact) mass is 274 g/mol. The van der Waals surface area contributed by atoms with Gasteiger partial charge >= 0.3 is 0 Å². The number of nitrogens with one attached hydrogen (secondary N) is 1. The summed E-state index contributed by atoms with van der Waals surface area (Å²) < 4.78 is 0. The average Bonchev–Trinajstić information content (AvgIpc) is 2.21. The Morgan fingerprint density at radius 3 is 2.65 bits per heavy atom. The summed E-state index contributed by atoms with van der Waals surface area (Å²) in [7, 11) is 4.21. The van der Waals surface area contributed by atoms with E-state index in [1.807, 2.05) is 0 Å². The van der Waals surface area contributed by atoms with Crippen molar-refractivity contribution in [3.05, 3.63) is 16.5 Å². The van der Waals surface area contributed by atoms with Gasteiger partial charge in [0.15, 0.2) is 0 Å². The lowest BCUT2D eigenvalue weighted by molar-refractivity contribution is 0.0738. The van der Waals surface area contributed by atoms with E-state index in [2.05, 4.69) is 34.3 Å². The van der Waals surface area contributed by atoms with E-state index in [1.165, 1.54) is 25.5 Å². The minimum Gasteiger partial charge on any atom is -0.367 e. The Bertz CT molecular complexity index is 404. The fourth-order valence-electron chi connectivity index (χ4n) is 2.08. The van der Waals surface area contributed by atoms with E-state index in [4.69, 9.17) is 23.2 Å². The number of nitrogens with zero attached hydrogens (tertiary/aromatic N) is 3. The molecule has 1 aliphatic rings. The van der Waals surface area contributed by atoms with Crippen LogP contribution in [0.1, 0.15) is 19.3 Å². The molecule has 0 aromatic carbocycles. The fourth-order valence-corrected chi connectivity index (χ4v) is 2.38. The summed E-state index contributed by atoms with van der Waals surface area (Å²) in [5.41, 5.74) is 0.223. The summed E-state index contributed by atoms with van der Waals surface area (Å²) in [4.78, 5) is 10.2. The largest absolute Gasteiger partial charge is 0.367 e. The topological polar surface area (TPSA) is 41.0 Å². The second-order valence-electron chi connectivity index (χ2n) is 4.66. The van der Waals surface area contributed by atoms with Crippen molar-refractivity contribution in [2.24, 2.45) is 0 Å². The van der Waals surface area contributed by atoms with E-state index in [0.717, 1.165) is 6.54 Å². The van der Waals surface area contributed by atoms with Gasteiger partial charge in [-0.15, -0.1) is 0 Å². The zero-order valence-corrected chi connectivity index (χ0v) is 11.5. The first kappa shape index (κ1) is 12.9. The maximum absolute atomic E-state index is 6.01. The molecule has 4 nitrogen and oxygen atoms in total. The molecule has 0 amide bonds. The van der Waals surface area contributed by atoms with Crippen molar-refractivity contribution in [2.75, 3.05) is 26.0 Å². The molecule has 17 heavy (non-hydrogen) atoms. The van der Waals surface area contributed by atoms with E-state index in [9.17, 15) is 0 Å². The predicted molar refractivity (Wildman–Crippen MR) is 70.8 cm³/mol. The van der Waals surface area contributed by atoms with Gasteiger partial charge in [0.2, 0.25) is 5.28 Å². The van der Waals surface area contributed by atoms with Gasteiger partial charge in [0, 0.05) is 12.1 Å². The SMILES string of the molecule is CN(C)C1(CNc2nc(Cl)ncc2Cl)CCC1. The molecule has 1 aromatic heterocycles. The average molecular weight is 275 g/mol. The molecule has 0 atom stereocenters. The minimum absolute atomic E-state index is 0.212. The maximum atomic E-state index is 6.01. The van der Waals surface area contributed by atoms with Crippen molar-refractivity contribution < 1.29 is 0 Å². The zero-order chi connectivity index (χ0) is 12.5. The van der Waals surface area contributed by atoms with Crippen LogP contribution in [-0.4, -0.2) is 41.0 Å². The van der Waals surface area contributed by atoms with Crippen molar-refractivity contribution in [2.45, 2.75) is 24.8 Å². The highest BCUT2D eigenvalue weighted by molar-refractivity contribution is 6.33. The lowest BCUT2D eigenvalue weighted by Crippen LogP contribution is -2.54. The molecule has 0 saturated heterocycles. The number of hydrogen-bond acceptors (Lipinski definition) is 4. The van der Waals surface area contributed by atoms with Gasteiger partial charge in [0.1, 0.15) is 10.8 Å². The third-order valence-electron chi connectivity index (χ3n) is 3.53. The summed E-state index contributed by atoms with van der Waals surface area (Å²) in [5.74, 6) is 0.611. The lowest BCUT2D eigenvalue weighted by atomic mass is 9.75. The van der Waals surface area contributed by atoms with Gasteiger partial charge in [0.25, 0.3) is 0 Å². The number of hydrogen-bond donors (Lipinski definition) is 1. The standard InChI is InChI=1S/C11H16Cl2N4/c1-17(2)11(4-3-5-11)7-15-9-8(12)6-14-10(13)16-9/h6H,3-5,7H2,1-2H3,(H,14,15,16). The van der Waals surface area contributed by atoms with E-state index in [1.54, 1.807) is 0 Å². The minimum atomic E-state index is 0.212. The second kappa shape index (κ2) is 4.96. The van der Waals surface area contributed by atoms with Gasteiger partial charge in [-0.1, -0.05) is 11.6 Å². The molecule has 2 rings (SSSR count). The molecule has 1 saturated carbocycles. The zero-order valence-electron chi connectivity index (χ0n) is 10.0. The van der Waals surface area contributed by atoms with Crippen LogP contribution in [-0.2, 0) is 0 Å². The van der Waals surface area contributed by atoms with E-state index < -0.39 is 0 Å². The molecule has 0 radical (unpaired) electrons. The molecule has 6 heteroatoms. The summed E-state index contributed by atoms with van der Waals surface area (Å²) in [6, 6.07) is 0. The molecular weight excluding hydrogens is 259 g/mol. The van der Waals surface area contributed by atoms with Gasteiger partial charge in [0.05, 0.1) is 6.20 Å². The Balaban J connectivity index is 2.04. The predicted octanol–water partition coefficient (Wildman–Crippen LogP) is 2.68. The van der Waals surface area contributed by atoms with Gasteiger partial charge in [-0.3, -0.25) is 0 Å². The van der Waals surface area contributed by atoms with Crippen LogP contribution < -0.4 is 5.32 Å². The molecule has 1 N–H and O–H groups in total. The van der Waals surface area contributed by atoms with Gasteiger partial charge in [-0.05, 0) is 45.0 Å².